The molecule has 0 radical (unpaired) electrons. The second kappa shape index (κ2) is 37.8. The molecule has 0 aromatic rings. The monoisotopic (exact) mass is 766 g/mol. The molecule has 53 heavy (non-hydrogen) atoms. The minimum absolute atomic E-state index is 0.0495. The molecule has 0 bridgehead atoms. The average Bonchev–Trinajstić information content (AvgIpc) is 3.47. The van der Waals surface area contributed by atoms with E-state index in [0.717, 1.165) is 4.90 Å². The van der Waals surface area contributed by atoms with Gasteiger partial charge in [0.2, 0.25) is 5.91 Å². The van der Waals surface area contributed by atoms with Gasteiger partial charge in [0.1, 0.15) is 5.78 Å². The first-order valence-electron chi connectivity index (χ1n) is 18.2. The van der Waals surface area contributed by atoms with Crippen molar-refractivity contribution in [2.24, 2.45) is 0 Å². The van der Waals surface area contributed by atoms with Gasteiger partial charge in [-0.25, -0.2) is 0 Å². The molecule has 0 fully saturated rings. The number of Topliss-reactive ketones (excluding diaryl/α,β-unsaturated/α-hetero) is 1. The maximum Gasteiger partial charge on any atom is 0.253 e. The van der Waals surface area contributed by atoms with E-state index in [-0.39, 0.29) is 24.7 Å². The van der Waals surface area contributed by atoms with Crippen molar-refractivity contribution in [2.75, 3.05) is 172 Å². The Hall–Kier alpha value is -2.46. The van der Waals surface area contributed by atoms with Gasteiger partial charge in [-0.2, -0.15) is 0 Å². The number of carbonyl (C=O) groups excluding carboxylic acids is 4. The Morgan fingerprint density at radius 2 is 0.698 bits per heavy atom. The molecule has 1 N–H and O–H groups in total. The standard InChI is InChI=1S/C35H62N2O16/c1-32(38)5-8-42-10-12-44-14-16-46-18-20-48-22-24-50-26-28-52-30-31-53-29-27-51-25-23-49-21-19-47-17-15-45-13-11-43-9-6-36-33(39)4-7-37-34(40)2-3-35(37)41/h2-3H,4-31H2,1H3,(H,36,39). The average molecular weight is 767 g/mol. The molecule has 18 nitrogen and oxygen atoms in total. The lowest BCUT2D eigenvalue weighted by Gasteiger charge is -2.13. The summed E-state index contributed by atoms with van der Waals surface area (Å²) in [5, 5.41) is 2.68. The molecule has 308 valence electrons. The predicted molar refractivity (Wildman–Crippen MR) is 189 cm³/mol. The molecule has 0 aromatic heterocycles. The van der Waals surface area contributed by atoms with Crippen molar-refractivity contribution in [3.63, 3.8) is 0 Å². The number of ether oxygens (including phenoxy) is 12. The fraction of sp³-hybridized carbons (Fsp3) is 0.829. The number of rotatable bonds is 42. The Morgan fingerprint density at radius 1 is 0.434 bits per heavy atom. The first-order valence-corrected chi connectivity index (χ1v) is 18.2. The van der Waals surface area contributed by atoms with E-state index in [1.807, 2.05) is 0 Å². The smallest absolute Gasteiger partial charge is 0.253 e. The summed E-state index contributed by atoms with van der Waals surface area (Å²) >= 11 is 0. The highest BCUT2D eigenvalue weighted by Crippen LogP contribution is 2.04. The highest BCUT2D eigenvalue weighted by molar-refractivity contribution is 6.13. The summed E-state index contributed by atoms with van der Waals surface area (Å²) in [5.41, 5.74) is 0. The molecule has 0 saturated heterocycles. The third-order valence-corrected chi connectivity index (χ3v) is 6.72. The second-order valence-corrected chi connectivity index (χ2v) is 11.1. The van der Waals surface area contributed by atoms with Gasteiger partial charge < -0.3 is 62.2 Å². The van der Waals surface area contributed by atoms with Crippen LogP contribution in [0, 0.1) is 0 Å². The lowest BCUT2D eigenvalue weighted by Crippen LogP contribution is -2.35. The van der Waals surface area contributed by atoms with Crippen LogP contribution in [0.1, 0.15) is 19.8 Å². The van der Waals surface area contributed by atoms with Crippen molar-refractivity contribution in [3.05, 3.63) is 12.2 Å². The van der Waals surface area contributed by atoms with Crippen LogP contribution in [0.15, 0.2) is 12.2 Å². The van der Waals surface area contributed by atoms with Crippen LogP contribution in [0.4, 0.5) is 0 Å². The third kappa shape index (κ3) is 33.8. The van der Waals surface area contributed by atoms with Crippen molar-refractivity contribution in [1.82, 2.24) is 10.2 Å². The fourth-order valence-electron chi connectivity index (χ4n) is 3.95. The molecular formula is C35H62N2O16. The van der Waals surface area contributed by atoms with Crippen molar-refractivity contribution in [3.8, 4) is 0 Å². The van der Waals surface area contributed by atoms with Crippen molar-refractivity contribution in [2.45, 2.75) is 19.8 Å². The van der Waals surface area contributed by atoms with E-state index in [9.17, 15) is 19.2 Å². The van der Waals surface area contributed by atoms with Gasteiger partial charge in [-0.15, -0.1) is 0 Å². The van der Waals surface area contributed by atoms with Crippen LogP contribution < -0.4 is 5.32 Å². The Morgan fingerprint density at radius 3 is 0.981 bits per heavy atom. The van der Waals surface area contributed by atoms with Gasteiger partial charge in [-0.3, -0.25) is 24.1 Å². The van der Waals surface area contributed by atoms with E-state index in [2.05, 4.69) is 5.32 Å². The Bertz CT molecular complexity index is 924. The Labute approximate surface area is 313 Å². The molecule has 1 aliphatic heterocycles. The van der Waals surface area contributed by atoms with Gasteiger partial charge in [0, 0.05) is 38.1 Å². The second-order valence-electron chi connectivity index (χ2n) is 11.1. The summed E-state index contributed by atoms with van der Waals surface area (Å²) in [6.45, 7) is 12.9. The Kier molecular flexibility index (Phi) is 34.7. The third-order valence-electron chi connectivity index (χ3n) is 6.72. The van der Waals surface area contributed by atoms with Crippen LogP contribution in [-0.4, -0.2) is 200 Å². The maximum atomic E-state index is 11.8. The van der Waals surface area contributed by atoms with Gasteiger partial charge in [-0.1, -0.05) is 0 Å². The van der Waals surface area contributed by atoms with Gasteiger partial charge in [0.15, 0.2) is 0 Å². The lowest BCUT2D eigenvalue weighted by molar-refractivity contribution is -0.137. The summed E-state index contributed by atoms with van der Waals surface area (Å²) in [6.07, 6.45) is 2.87. The molecule has 0 unspecified atom stereocenters. The van der Waals surface area contributed by atoms with E-state index < -0.39 is 11.8 Å². The van der Waals surface area contributed by atoms with E-state index in [1.54, 1.807) is 6.92 Å². The van der Waals surface area contributed by atoms with Crippen molar-refractivity contribution >= 4 is 23.5 Å². The van der Waals surface area contributed by atoms with E-state index in [4.69, 9.17) is 56.8 Å². The summed E-state index contributed by atoms with van der Waals surface area (Å²) in [7, 11) is 0. The van der Waals surface area contributed by atoms with Crippen LogP contribution in [-0.2, 0) is 76.0 Å². The molecule has 0 atom stereocenters. The molecule has 3 amide bonds. The SMILES string of the molecule is CC(=O)CCOCCOCCOCCOCCOCCOCCOCCOCCOCCOCCOCCOCCNC(=O)CCN1C(=O)C=CC1=O. The lowest BCUT2D eigenvalue weighted by atomic mass is 10.3. The molecule has 0 saturated carbocycles. The number of carbonyl (C=O) groups is 4. The number of hydrogen-bond acceptors (Lipinski definition) is 16. The quantitative estimate of drug-likeness (QED) is 0.0622. The zero-order valence-electron chi connectivity index (χ0n) is 31.4. The number of nitrogens with one attached hydrogen (secondary N) is 1. The normalized spacial score (nSPS) is 12.7. The largest absolute Gasteiger partial charge is 0.379 e. The molecule has 1 rings (SSSR count). The first-order chi connectivity index (χ1) is 26.0. The zero-order valence-corrected chi connectivity index (χ0v) is 31.4. The number of nitrogens with zero attached hydrogens (tertiary/aromatic N) is 1. The summed E-state index contributed by atoms with van der Waals surface area (Å²) in [4.78, 5) is 46.5. The van der Waals surface area contributed by atoms with E-state index >= 15 is 0 Å². The van der Waals surface area contributed by atoms with Crippen LogP contribution in [0.3, 0.4) is 0 Å². The molecule has 0 spiro atoms. The molecule has 0 aromatic carbocycles. The molecule has 18 heteroatoms. The number of hydrogen-bond donors (Lipinski definition) is 1. The fourth-order valence-corrected chi connectivity index (χ4v) is 3.95. The van der Waals surface area contributed by atoms with Gasteiger partial charge >= 0.3 is 0 Å². The summed E-state index contributed by atoms with van der Waals surface area (Å²) in [6, 6.07) is 0. The first kappa shape index (κ1) is 48.6. The molecule has 0 aliphatic carbocycles. The predicted octanol–water partition coefficient (Wildman–Crippen LogP) is -0.404. The molecule has 1 aliphatic rings. The topological polar surface area (TPSA) is 194 Å². The van der Waals surface area contributed by atoms with Crippen molar-refractivity contribution in [1.29, 1.82) is 0 Å². The molecule has 1 heterocycles. The summed E-state index contributed by atoms with van der Waals surface area (Å²) in [5.74, 6) is -0.936. The van der Waals surface area contributed by atoms with Crippen LogP contribution in [0.2, 0.25) is 0 Å². The van der Waals surface area contributed by atoms with Gasteiger partial charge in [0.05, 0.1) is 159 Å². The zero-order chi connectivity index (χ0) is 38.3. The highest BCUT2D eigenvalue weighted by atomic mass is 16.6. The van der Waals surface area contributed by atoms with Crippen molar-refractivity contribution < 1.29 is 76.0 Å². The number of amides is 3. The summed E-state index contributed by atoms with van der Waals surface area (Å²) < 4.78 is 65.1. The maximum absolute atomic E-state index is 11.8. The van der Waals surface area contributed by atoms with Crippen LogP contribution in [0.5, 0.6) is 0 Å². The molecular weight excluding hydrogens is 704 g/mol. The Balaban J connectivity index is 1.64. The van der Waals surface area contributed by atoms with E-state index in [1.165, 1.54) is 12.2 Å². The van der Waals surface area contributed by atoms with Crippen LogP contribution in [0.25, 0.3) is 0 Å². The minimum Gasteiger partial charge on any atom is -0.379 e. The number of ketones is 1. The van der Waals surface area contributed by atoms with E-state index in [0.29, 0.717) is 172 Å². The van der Waals surface area contributed by atoms with Crippen LogP contribution >= 0.6 is 0 Å². The minimum atomic E-state index is -0.399. The van der Waals surface area contributed by atoms with Gasteiger partial charge in [-0.05, 0) is 6.92 Å². The van der Waals surface area contributed by atoms with Gasteiger partial charge in [0.25, 0.3) is 11.8 Å². The highest BCUT2D eigenvalue weighted by Gasteiger charge is 2.23. The number of imide groups is 1.